The van der Waals surface area contributed by atoms with Gasteiger partial charge in [-0.15, -0.1) is 0 Å². The van der Waals surface area contributed by atoms with Gasteiger partial charge in [0.1, 0.15) is 0 Å². The average molecular weight is 238 g/mol. The van der Waals surface area contributed by atoms with Gasteiger partial charge in [-0.3, -0.25) is 0 Å². The number of allylic oxidation sites excluding steroid dienone is 1. The standard InChI is InChI=1S/C15H26O2/c1-2-3-4-5-6-7-10-16-12-13-8-9-14-15(11-13)17-14/h6-7,13-15H,2-5,8-12H2,1H3/b7-6+. The molecule has 3 atom stereocenters. The molecule has 0 radical (unpaired) electrons. The van der Waals surface area contributed by atoms with Gasteiger partial charge in [0.15, 0.2) is 0 Å². The van der Waals surface area contributed by atoms with Gasteiger partial charge in [0, 0.05) is 6.61 Å². The molecule has 17 heavy (non-hydrogen) atoms. The van der Waals surface area contributed by atoms with Gasteiger partial charge in [-0.05, 0) is 38.0 Å². The van der Waals surface area contributed by atoms with Crippen molar-refractivity contribution in [3.8, 4) is 0 Å². The molecule has 2 fully saturated rings. The van der Waals surface area contributed by atoms with E-state index in [9.17, 15) is 0 Å². The minimum Gasteiger partial charge on any atom is -0.377 e. The van der Waals surface area contributed by atoms with E-state index in [1.165, 1.54) is 44.9 Å². The van der Waals surface area contributed by atoms with Crippen LogP contribution in [0.4, 0.5) is 0 Å². The van der Waals surface area contributed by atoms with Crippen molar-refractivity contribution in [3.05, 3.63) is 12.2 Å². The molecule has 3 unspecified atom stereocenters. The Morgan fingerprint density at radius 1 is 1.18 bits per heavy atom. The second kappa shape index (κ2) is 7.17. The fourth-order valence-electron chi connectivity index (χ4n) is 2.64. The topological polar surface area (TPSA) is 21.8 Å². The molecule has 0 aromatic carbocycles. The van der Waals surface area contributed by atoms with Crippen molar-refractivity contribution in [2.24, 2.45) is 5.92 Å². The Morgan fingerprint density at radius 2 is 2.12 bits per heavy atom. The zero-order chi connectivity index (χ0) is 11.9. The lowest BCUT2D eigenvalue weighted by Gasteiger charge is -2.18. The normalized spacial score (nSPS) is 31.7. The Kier molecular flexibility index (Phi) is 5.53. The van der Waals surface area contributed by atoms with E-state index in [2.05, 4.69) is 19.1 Å². The van der Waals surface area contributed by atoms with Crippen molar-refractivity contribution in [2.75, 3.05) is 13.2 Å². The van der Waals surface area contributed by atoms with Gasteiger partial charge in [-0.1, -0.05) is 31.9 Å². The summed E-state index contributed by atoms with van der Waals surface area (Å²) in [5, 5.41) is 0. The maximum Gasteiger partial charge on any atom is 0.0845 e. The molecule has 1 saturated heterocycles. The van der Waals surface area contributed by atoms with Crippen molar-refractivity contribution in [2.45, 2.75) is 64.1 Å². The van der Waals surface area contributed by atoms with Crippen LogP contribution in [0, 0.1) is 5.92 Å². The van der Waals surface area contributed by atoms with E-state index in [0.29, 0.717) is 12.2 Å². The maximum absolute atomic E-state index is 5.70. The Labute approximate surface area is 105 Å². The summed E-state index contributed by atoms with van der Waals surface area (Å²) in [5.74, 6) is 0.743. The van der Waals surface area contributed by atoms with Gasteiger partial charge >= 0.3 is 0 Å². The number of hydrogen-bond acceptors (Lipinski definition) is 2. The molecule has 2 aliphatic rings. The minimum absolute atomic E-state index is 0.585. The monoisotopic (exact) mass is 238 g/mol. The first kappa shape index (κ1) is 13.1. The van der Waals surface area contributed by atoms with Crippen molar-refractivity contribution in [1.82, 2.24) is 0 Å². The van der Waals surface area contributed by atoms with E-state index in [0.717, 1.165) is 19.1 Å². The van der Waals surface area contributed by atoms with Gasteiger partial charge in [0.05, 0.1) is 18.8 Å². The molecule has 2 rings (SSSR count). The fraction of sp³-hybridized carbons (Fsp3) is 0.867. The van der Waals surface area contributed by atoms with Crippen LogP contribution in [0.5, 0.6) is 0 Å². The summed E-state index contributed by atoms with van der Waals surface area (Å²) in [4.78, 5) is 0. The van der Waals surface area contributed by atoms with E-state index in [4.69, 9.17) is 9.47 Å². The molecule has 1 saturated carbocycles. The second-order valence-corrected chi connectivity index (χ2v) is 5.40. The van der Waals surface area contributed by atoms with Crippen molar-refractivity contribution in [1.29, 1.82) is 0 Å². The predicted octanol–water partition coefficient (Wildman–Crippen LogP) is 3.71. The molecule has 1 aliphatic carbocycles. The molecular formula is C15H26O2. The first-order chi connectivity index (χ1) is 8.40. The van der Waals surface area contributed by atoms with Crippen LogP contribution in [0.3, 0.4) is 0 Å². The molecule has 0 spiro atoms. The number of fused-ring (bicyclic) bond motifs is 1. The SMILES string of the molecule is CCCCC/C=C/COCC1CCC2OC2C1. The summed E-state index contributed by atoms with van der Waals surface area (Å²) in [5.41, 5.74) is 0. The lowest BCUT2D eigenvalue weighted by Crippen LogP contribution is -2.18. The summed E-state index contributed by atoms with van der Waals surface area (Å²) in [6.45, 7) is 3.95. The molecule has 2 nitrogen and oxygen atoms in total. The lowest BCUT2D eigenvalue weighted by atomic mass is 9.90. The second-order valence-electron chi connectivity index (χ2n) is 5.40. The minimum atomic E-state index is 0.585. The summed E-state index contributed by atoms with van der Waals surface area (Å²) in [6, 6.07) is 0. The summed E-state index contributed by atoms with van der Waals surface area (Å²) in [6.07, 6.45) is 14.6. The zero-order valence-corrected chi connectivity index (χ0v) is 11.1. The van der Waals surface area contributed by atoms with Crippen molar-refractivity contribution in [3.63, 3.8) is 0 Å². The van der Waals surface area contributed by atoms with Crippen LogP contribution in [-0.2, 0) is 9.47 Å². The summed E-state index contributed by atoms with van der Waals surface area (Å²) < 4.78 is 11.2. The third kappa shape index (κ3) is 4.81. The maximum atomic E-state index is 5.70. The van der Waals surface area contributed by atoms with Crippen LogP contribution in [0.2, 0.25) is 0 Å². The lowest BCUT2D eigenvalue weighted by molar-refractivity contribution is 0.109. The molecule has 1 aliphatic heterocycles. The predicted molar refractivity (Wildman–Crippen MR) is 70.1 cm³/mol. The molecule has 0 bridgehead atoms. The Balaban J connectivity index is 1.43. The number of rotatable bonds is 8. The van der Waals surface area contributed by atoms with E-state index < -0.39 is 0 Å². The fourth-order valence-corrected chi connectivity index (χ4v) is 2.64. The zero-order valence-electron chi connectivity index (χ0n) is 11.1. The first-order valence-electron chi connectivity index (χ1n) is 7.28. The third-order valence-corrected chi connectivity index (χ3v) is 3.82. The van der Waals surface area contributed by atoms with Crippen LogP contribution in [0.15, 0.2) is 12.2 Å². The molecule has 0 aromatic heterocycles. The Morgan fingerprint density at radius 3 is 2.94 bits per heavy atom. The van der Waals surface area contributed by atoms with Gasteiger partial charge in [-0.25, -0.2) is 0 Å². The van der Waals surface area contributed by atoms with Gasteiger partial charge in [0.25, 0.3) is 0 Å². The summed E-state index contributed by atoms with van der Waals surface area (Å²) >= 11 is 0. The number of hydrogen-bond donors (Lipinski definition) is 0. The Hall–Kier alpha value is -0.340. The highest BCUT2D eigenvalue weighted by atomic mass is 16.6. The molecule has 0 amide bonds. The highest BCUT2D eigenvalue weighted by molar-refractivity contribution is 4.91. The first-order valence-corrected chi connectivity index (χ1v) is 7.28. The van der Waals surface area contributed by atoms with E-state index in [1.54, 1.807) is 0 Å². The van der Waals surface area contributed by atoms with Gasteiger partial charge in [-0.2, -0.15) is 0 Å². The van der Waals surface area contributed by atoms with Gasteiger partial charge in [0.2, 0.25) is 0 Å². The largest absolute Gasteiger partial charge is 0.377 e. The average Bonchev–Trinajstić information content (AvgIpc) is 3.11. The molecule has 2 heteroatoms. The molecule has 0 N–H and O–H groups in total. The smallest absolute Gasteiger partial charge is 0.0845 e. The van der Waals surface area contributed by atoms with Crippen molar-refractivity contribution < 1.29 is 9.47 Å². The third-order valence-electron chi connectivity index (χ3n) is 3.82. The van der Waals surface area contributed by atoms with Crippen LogP contribution in [0.1, 0.15) is 51.9 Å². The number of epoxide rings is 1. The van der Waals surface area contributed by atoms with E-state index >= 15 is 0 Å². The Bertz CT molecular complexity index is 237. The summed E-state index contributed by atoms with van der Waals surface area (Å²) in [7, 11) is 0. The van der Waals surface area contributed by atoms with Crippen LogP contribution >= 0.6 is 0 Å². The van der Waals surface area contributed by atoms with Crippen molar-refractivity contribution >= 4 is 0 Å². The highest BCUT2D eigenvalue weighted by Gasteiger charge is 2.43. The quantitative estimate of drug-likeness (QED) is 0.365. The molecular weight excluding hydrogens is 212 g/mol. The molecule has 98 valence electrons. The van der Waals surface area contributed by atoms with E-state index in [-0.39, 0.29) is 0 Å². The number of unbranched alkanes of at least 4 members (excludes halogenated alkanes) is 3. The highest BCUT2D eigenvalue weighted by Crippen LogP contribution is 2.39. The molecule has 0 aromatic rings. The van der Waals surface area contributed by atoms with E-state index in [1.807, 2.05) is 0 Å². The van der Waals surface area contributed by atoms with Crippen LogP contribution in [0.25, 0.3) is 0 Å². The molecule has 1 heterocycles. The number of ether oxygens (including phenoxy) is 2. The van der Waals surface area contributed by atoms with Crippen LogP contribution in [-0.4, -0.2) is 25.4 Å². The van der Waals surface area contributed by atoms with Gasteiger partial charge < -0.3 is 9.47 Å². The van der Waals surface area contributed by atoms with Crippen LogP contribution < -0.4 is 0 Å².